The third-order valence-corrected chi connectivity index (χ3v) is 3.40. The molecule has 1 atom stereocenters. The summed E-state index contributed by atoms with van der Waals surface area (Å²) in [6.07, 6.45) is -0.333. The van der Waals surface area contributed by atoms with E-state index in [9.17, 15) is 13.2 Å². The molecule has 1 saturated heterocycles. The maximum absolute atomic E-state index is 12.8. The van der Waals surface area contributed by atoms with E-state index >= 15 is 0 Å². The van der Waals surface area contributed by atoms with Crippen LogP contribution in [0.3, 0.4) is 0 Å². The van der Waals surface area contributed by atoms with Gasteiger partial charge in [-0.25, -0.2) is 9.67 Å². The van der Waals surface area contributed by atoms with E-state index in [-0.39, 0.29) is 11.9 Å². The lowest BCUT2D eigenvalue weighted by Crippen LogP contribution is -2.20. The number of hydrogen-bond donors (Lipinski definition) is 0. The van der Waals surface area contributed by atoms with Crippen molar-refractivity contribution in [1.82, 2.24) is 14.8 Å². The fraction of sp³-hybridized carbons (Fsp3) is 0.429. The van der Waals surface area contributed by atoms with E-state index in [2.05, 4.69) is 10.1 Å². The second kappa shape index (κ2) is 5.48. The number of pyridine rings is 1. The number of hydrogen-bond acceptors (Lipinski definition) is 3. The van der Waals surface area contributed by atoms with Gasteiger partial charge in [0.15, 0.2) is 6.23 Å². The van der Waals surface area contributed by atoms with E-state index < -0.39 is 11.9 Å². The van der Waals surface area contributed by atoms with Gasteiger partial charge in [-0.15, -0.1) is 0 Å². The Morgan fingerprint density at radius 1 is 1.19 bits per heavy atom. The molecule has 0 amide bonds. The summed E-state index contributed by atoms with van der Waals surface area (Å²) in [7, 11) is 0. The van der Waals surface area contributed by atoms with Gasteiger partial charge in [0.25, 0.3) is 0 Å². The van der Waals surface area contributed by atoms with E-state index in [0.29, 0.717) is 12.3 Å². The van der Waals surface area contributed by atoms with Crippen LogP contribution in [0.2, 0.25) is 0 Å². The van der Waals surface area contributed by atoms with Gasteiger partial charge in [-0.3, -0.25) is 0 Å². The fourth-order valence-corrected chi connectivity index (χ4v) is 2.40. The summed E-state index contributed by atoms with van der Waals surface area (Å²) >= 11 is 0. The molecule has 2 aromatic rings. The summed E-state index contributed by atoms with van der Waals surface area (Å²) in [4.78, 5) is 3.70. The van der Waals surface area contributed by atoms with E-state index in [1.807, 2.05) is 0 Å². The number of halogens is 3. The SMILES string of the molecule is FC(F)(F)c1cccc(-c2ccnn2C2CCCCO2)n1. The molecule has 0 spiro atoms. The summed E-state index contributed by atoms with van der Waals surface area (Å²) < 4.78 is 45.5. The highest BCUT2D eigenvalue weighted by Crippen LogP contribution is 2.31. The van der Waals surface area contributed by atoms with Crippen LogP contribution in [0.15, 0.2) is 30.5 Å². The predicted molar refractivity (Wildman–Crippen MR) is 69.3 cm³/mol. The van der Waals surface area contributed by atoms with Crippen LogP contribution in [0.1, 0.15) is 31.2 Å². The largest absolute Gasteiger partial charge is 0.433 e. The van der Waals surface area contributed by atoms with Crippen LogP contribution in [0.25, 0.3) is 11.4 Å². The summed E-state index contributed by atoms with van der Waals surface area (Å²) in [5.74, 6) is 0. The van der Waals surface area contributed by atoms with E-state index in [1.165, 1.54) is 6.07 Å². The average molecular weight is 297 g/mol. The van der Waals surface area contributed by atoms with Crippen LogP contribution in [-0.4, -0.2) is 21.4 Å². The number of aromatic nitrogens is 3. The van der Waals surface area contributed by atoms with Crippen molar-refractivity contribution < 1.29 is 17.9 Å². The third-order valence-electron chi connectivity index (χ3n) is 3.40. The third kappa shape index (κ3) is 2.92. The zero-order valence-electron chi connectivity index (χ0n) is 11.2. The van der Waals surface area contributed by atoms with Crippen LogP contribution < -0.4 is 0 Å². The minimum Gasteiger partial charge on any atom is -0.356 e. The maximum Gasteiger partial charge on any atom is 0.433 e. The van der Waals surface area contributed by atoms with Crippen LogP contribution in [-0.2, 0) is 10.9 Å². The topological polar surface area (TPSA) is 39.9 Å². The minimum atomic E-state index is -4.46. The van der Waals surface area contributed by atoms with Crippen molar-refractivity contribution in [3.05, 3.63) is 36.2 Å². The van der Waals surface area contributed by atoms with Crippen molar-refractivity contribution in [2.75, 3.05) is 6.61 Å². The lowest BCUT2D eigenvalue weighted by atomic mass is 10.2. The first kappa shape index (κ1) is 14.1. The molecule has 4 nitrogen and oxygen atoms in total. The lowest BCUT2D eigenvalue weighted by molar-refractivity contribution is -0.141. The number of rotatable bonds is 2. The van der Waals surface area contributed by atoms with Crippen molar-refractivity contribution in [3.8, 4) is 11.4 Å². The van der Waals surface area contributed by atoms with Gasteiger partial charge in [0.05, 0.1) is 11.4 Å². The summed E-state index contributed by atoms with van der Waals surface area (Å²) in [6, 6.07) is 5.51. The van der Waals surface area contributed by atoms with Gasteiger partial charge in [0.1, 0.15) is 5.69 Å². The highest BCUT2D eigenvalue weighted by atomic mass is 19.4. The van der Waals surface area contributed by atoms with Gasteiger partial charge in [0.2, 0.25) is 0 Å². The Morgan fingerprint density at radius 2 is 2.05 bits per heavy atom. The molecule has 7 heteroatoms. The van der Waals surface area contributed by atoms with E-state index in [4.69, 9.17) is 4.74 Å². The van der Waals surface area contributed by atoms with Crippen LogP contribution >= 0.6 is 0 Å². The molecule has 2 aromatic heterocycles. The van der Waals surface area contributed by atoms with Gasteiger partial charge in [0, 0.05) is 12.8 Å². The van der Waals surface area contributed by atoms with Gasteiger partial charge >= 0.3 is 6.18 Å². The Balaban J connectivity index is 1.96. The predicted octanol–water partition coefficient (Wildman–Crippen LogP) is 3.66. The van der Waals surface area contributed by atoms with Crippen molar-refractivity contribution >= 4 is 0 Å². The quantitative estimate of drug-likeness (QED) is 0.849. The molecule has 1 fully saturated rings. The molecule has 0 N–H and O–H groups in total. The molecular weight excluding hydrogens is 283 g/mol. The van der Waals surface area contributed by atoms with Crippen molar-refractivity contribution in [1.29, 1.82) is 0 Å². The highest BCUT2D eigenvalue weighted by Gasteiger charge is 2.33. The van der Waals surface area contributed by atoms with Gasteiger partial charge < -0.3 is 4.74 Å². The molecule has 0 aromatic carbocycles. The number of ether oxygens (including phenoxy) is 1. The van der Waals surface area contributed by atoms with Crippen molar-refractivity contribution in [2.45, 2.75) is 31.7 Å². The van der Waals surface area contributed by atoms with Crippen molar-refractivity contribution in [3.63, 3.8) is 0 Å². The molecule has 3 heterocycles. The second-order valence-corrected chi connectivity index (χ2v) is 4.89. The van der Waals surface area contributed by atoms with Gasteiger partial charge in [-0.1, -0.05) is 6.07 Å². The van der Waals surface area contributed by atoms with Crippen molar-refractivity contribution in [2.24, 2.45) is 0 Å². The summed E-state index contributed by atoms with van der Waals surface area (Å²) in [6.45, 7) is 0.639. The molecule has 0 bridgehead atoms. The van der Waals surface area contributed by atoms with Crippen LogP contribution in [0.4, 0.5) is 13.2 Å². The van der Waals surface area contributed by atoms with E-state index in [0.717, 1.165) is 25.3 Å². The Bertz CT molecular complexity index is 618. The Kier molecular flexibility index (Phi) is 3.67. The molecule has 0 aliphatic carbocycles. The summed E-state index contributed by atoms with van der Waals surface area (Å²) in [5, 5.41) is 4.18. The molecule has 0 saturated carbocycles. The fourth-order valence-electron chi connectivity index (χ4n) is 2.40. The normalized spacial score (nSPS) is 19.7. The Labute approximate surface area is 119 Å². The van der Waals surface area contributed by atoms with Crippen LogP contribution in [0.5, 0.6) is 0 Å². The Hall–Kier alpha value is -1.89. The molecule has 0 radical (unpaired) electrons. The molecule has 1 unspecified atom stereocenters. The Morgan fingerprint density at radius 3 is 2.76 bits per heavy atom. The number of alkyl halides is 3. The smallest absolute Gasteiger partial charge is 0.356 e. The zero-order chi connectivity index (χ0) is 14.9. The van der Waals surface area contributed by atoms with Gasteiger partial charge in [-0.2, -0.15) is 18.3 Å². The first-order chi connectivity index (χ1) is 10.1. The maximum atomic E-state index is 12.8. The zero-order valence-corrected chi connectivity index (χ0v) is 11.2. The lowest BCUT2D eigenvalue weighted by Gasteiger charge is -2.24. The molecule has 21 heavy (non-hydrogen) atoms. The monoisotopic (exact) mass is 297 g/mol. The molecule has 112 valence electrons. The highest BCUT2D eigenvalue weighted by molar-refractivity contribution is 5.54. The first-order valence-electron chi connectivity index (χ1n) is 6.75. The second-order valence-electron chi connectivity index (χ2n) is 4.89. The summed E-state index contributed by atoms with van der Waals surface area (Å²) in [5.41, 5.74) is -0.123. The number of nitrogens with zero attached hydrogens (tertiary/aromatic N) is 3. The molecule has 3 rings (SSSR count). The van der Waals surface area contributed by atoms with E-state index in [1.54, 1.807) is 23.0 Å². The molecular formula is C14H14F3N3O. The first-order valence-corrected chi connectivity index (χ1v) is 6.75. The molecule has 1 aliphatic heterocycles. The van der Waals surface area contributed by atoms with Gasteiger partial charge in [-0.05, 0) is 37.5 Å². The standard InChI is InChI=1S/C14H14F3N3O/c15-14(16,17)12-5-3-4-10(19-12)11-7-8-18-20(11)13-6-1-2-9-21-13/h3-5,7-8,13H,1-2,6,9H2. The minimum absolute atomic E-state index is 0.236. The molecule has 1 aliphatic rings. The van der Waals surface area contributed by atoms with Crippen LogP contribution in [0, 0.1) is 0 Å². The average Bonchev–Trinajstić information content (AvgIpc) is 2.97.